The molecule has 0 unspecified atom stereocenters. The highest BCUT2D eigenvalue weighted by Gasteiger charge is 2.21. The van der Waals surface area contributed by atoms with Crippen LogP contribution < -0.4 is 4.90 Å². The molecule has 2 aromatic heterocycles. The molecular formula is C44H30N4. The van der Waals surface area contributed by atoms with Crippen LogP contribution >= 0.6 is 0 Å². The Balaban J connectivity index is 1.38. The van der Waals surface area contributed by atoms with E-state index in [0.29, 0.717) is 0 Å². The molecule has 0 aliphatic rings. The van der Waals surface area contributed by atoms with E-state index in [2.05, 4.69) is 167 Å². The summed E-state index contributed by atoms with van der Waals surface area (Å²) in [5.41, 5.74) is 9.17. The molecule has 4 heteroatoms. The summed E-state index contributed by atoms with van der Waals surface area (Å²) in [6.07, 6.45) is 1.84. The van der Waals surface area contributed by atoms with Gasteiger partial charge in [0.05, 0.1) is 0 Å². The number of imidazole rings is 1. The van der Waals surface area contributed by atoms with Gasteiger partial charge in [-0.1, -0.05) is 103 Å². The van der Waals surface area contributed by atoms with Gasteiger partial charge in [-0.15, -0.1) is 0 Å². The average molecular weight is 615 g/mol. The molecule has 2 heterocycles. The Labute approximate surface area is 278 Å². The van der Waals surface area contributed by atoms with E-state index in [1.807, 2.05) is 24.4 Å². The zero-order chi connectivity index (χ0) is 31.9. The third-order valence-electron chi connectivity index (χ3n) is 8.97. The van der Waals surface area contributed by atoms with Crippen LogP contribution in [0.2, 0.25) is 0 Å². The summed E-state index contributed by atoms with van der Waals surface area (Å²) in [5.74, 6) is 0.837. The van der Waals surface area contributed by atoms with Crippen LogP contribution in [-0.2, 0) is 0 Å². The van der Waals surface area contributed by atoms with Crippen LogP contribution in [0.15, 0.2) is 182 Å². The SMILES string of the molecule is c1ccc(N(c2ccccc2)c2cc(-c3cc4ccccc4c4ccccc34)cc(-c3nc4cccnc4n3-c3ccccc3)c2)cc1. The summed E-state index contributed by atoms with van der Waals surface area (Å²) in [5, 5.41) is 4.91. The molecule has 226 valence electrons. The minimum Gasteiger partial charge on any atom is -0.310 e. The molecule has 48 heavy (non-hydrogen) atoms. The van der Waals surface area contributed by atoms with Crippen molar-refractivity contribution >= 4 is 49.8 Å². The molecule has 0 N–H and O–H groups in total. The Hall–Kier alpha value is -6.52. The Morgan fingerprint density at radius 1 is 0.458 bits per heavy atom. The lowest BCUT2D eigenvalue weighted by atomic mass is 9.92. The van der Waals surface area contributed by atoms with Crippen molar-refractivity contribution in [2.24, 2.45) is 0 Å². The van der Waals surface area contributed by atoms with E-state index in [1.54, 1.807) is 0 Å². The highest BCUT2D eigenvalue weighted by Crippen LogP contribution is 2.42. The summed E-state index contributed by atoms with van der Waals surface area (Å²) in [4.78, 5) is 12.4. The van der Waals surface area contributed by atoms with Crippen LogP contribution in [0.5, 0.6) is 0 Å². The third-order valence-corrected chi connectivity index (χ3v) is 8.97. The maximum Gasteiger partial charge on any atom is 0.164 e. The average Bonchev–Trinajstić information content (AvgIpc) is 3.56. The second-order valence-corrected chi connectivity index (χ2v) is 11.9. The Morgan fingerprint density at radius 2 is 1.06 bits per heavy atom. The molecule has 0 amide bonds. The lowest BCUT2D eigenvalue weighted by Gasteiger charge is -2.27. The maximum atomic E-state index is 5.23. The highest BCUT2D eigenvalue weighted by atomic mass is 15.2. The van der Waals surface area contributed by atoms with Crippen LogP contribution in [0.25, 0.3) is 60.9 Å². The Bertz CT molecular complexity index is 2520. The smallest absolute Gasteiger partial charge is 0.164 e. The lowest BCUT2D eigenvalue weighted by Crippen LogP contribution is -2.10. The summed E-state index contributed by atoms with van der Waals surface area (Å²) in [7, 11) is 0. The van der Waals surface area contributed by atoms with Gasteiger partial charge in [-0.05, 0) is 105 Å². The zero-order valence-corrected chi connectivity index (χ0v) is 26.1. The van der Waals surface area contributed by atoms with Crippen LogP contribution in [0.1, 0.15) is 0 Å². The topological polar surface area (TPSA) is 34.0 Å². The molecule has 0 radical (unpaired) electrons. The number of benzene rings is 7. The van der Waals surface area contributed by atoms with Gasteiger partial charge in [-0.3, -0.25) is 4.57 Å². The van der Waals surface area contributed by atoms with Gasteiger partial charge in [-0.2, -0.15) is 0 Å². The normalized spacial score (nSPS) is 11.3. The molecule has 4 nitrogen and oxygen atoms in total. The van der Waals surface area contributed by atoms with Crippen LogP contribution in [0.3, 0.4) is 0 Å². The number of hydrogen-bond acceptors (Lipinski definition) is 3. The number of nitrogens with zero attached hydrogens (tertiary/aromatic N) is 4. The summed E-state index contributed by atoms with van der Waals surface area (Å²) < 4.78 is 2.17. The molecule has 0 saturated heterocycles. The van der Waals surface area contributed by atoms with Crippen molar-refractivity contribution in [3.05, 3.63) is 182 Å². The van der Waals surface area contributed by atoms with Crippen molar-refractivity contribution in [3.8, 4) is 28.2 Å². The van der Waals surface area contributed by atoms with E-state index in [-0.39, 0.29) is 0 Å². The van der Waals surface area contributed by atoms with Gasteiger partial charge in [-0.25, -0.2) is 9.97 Å². The lowest BCUT2D eigenvalue weighted by molar-refractivity contribution is 1.08. The molecule has 9 rings (SSSR count). The number of para-hydroxylation sites is 3. The molecular weight excluding hydrogens is 585 g/mol. The molecule has 0 atom stereocenters. The first-order valence-corrected chi connectivity index (χ1v) is 16.2. The van der Waals surface area contributed by atoms with Crippen molar-refractivity contribution in [2.75, 3.05) is 4.90 Å². The van der Waals surface area contributed by atoms with Gasteiger partial charge in [0.25, 0.3) is 0 Å². The highest BCUT2D eigenvalue weighted by molar-refractivity contribution is 6.14. The molecule has 0 fully saturated rings. The molecule has 0 aliphatic carbocycles. The second-order valence-electron chi connectivity index (χ2n) is 11.9. The number of hydrogen-bond donors (Lipinski definition) is 0. The largest absolute Gasteiger partial charge is 0.310 e. The Kier molecular flexibility index (Phi) is 6.76. The summed E-state index contributed by atoms with van der Waals surface area (Å²) in [6, 6.07) is 62.1. The first-order chi connectivity index (χ1) is 23.8. The quantitative estimate of drug-likeness (QED) is 0.175. The van der Waals surface area contributed by atoms with Crippen LogP contribution in [-0.4, -0.2) is 14.5 Å². The van der Waals surface area contributed by atoms with Crippen LogP contribution in [0.4, 0.5) is 17.1 Å². The minimum atomic E-state index is 0.824. The standard InChI is InChI=1S/C44H30N4/c1-4-16-34(17-5-1)47(35-18-6-2-7-19-35)37-28-32(41-30-31-15-10-11-22-38(31)39-23-12-13-24-40(39)41)27-33(29-37)43-46-42-25-14-26-45-44(42)48(43)36-20-8-3-9-21-36/h1-30H. The third kappa shape index (κ3) is 4.79. The number of rotatable bonds is 6. The van der Waals surface area contributed by atoms with Crippen molar-refractivity contribution < 1.29 is 0 Å². The number of anilines is 3. The number of pyridine rings is 1. The van der Waals surface area contributed by atoms with Gasteiger partial charge >= 0.3 is 0 Å². The predicted molar refractivity (Wildman–Crippen MR) is 199 cm³/mol. The van der Waals surface area contributed by atoms with E-state index in [9.17, 15) is 0 Å². The van der Waals surface area contributed by atoms with Crippen molar-refractivity contribution in [3.63, 3.8) is 0 Å². The summed E-state index contributed by atoms with van der Waals surface area (Å²) in [6.45, 7) is 0. The molecule has 0 aliphatic heterocycles. The minimum absolute atomic E-state index is 0.824. The van der Waals surface area contributed by atoms with Gasteiger partial charge < -0.3 is 4.90 Å². The molecule has 0 bridgehead atoms. The van der Waals surface area contributed by atoms with E-state index >= 15 is 0 Å². The number of aromatic nitrogens is 3. The van der Waals surface area contributed by atoms with Crippen molar-refractivity contribution in [1.82, 2.24) is 14.5 Å². The first kappa shape index (κ1) is 27.8. The fraction of sp³-hybridized carbons (Fsp3) is 0. The molecule has 0 saturated carbocycles. The van der Waals surface area contributed by atoms with E-state index in [4.69, 9.17) is 9.97 Å². The van der Waals surface area contributed by atoms with Gasteiger partial charge in [0.1, 0.15) is 11.3 Å². The predicted octanol–water partition coefficient (Wildman–Crippen LogP) is 11.5. The van der Waals surface area contributed by atoms with Gasteiger partial charge in [0, 0.05) is 34.5 Å². The van der Waals surface area contributed by atoms with Crippen molar-refractivity contribution in [2.45, 2.75) is 0 Å². The van der Waals surface area contributed by atoms with E-state index < -0.39 is 0 Å². The molecule has 0 spiro atoms. The van der Waals surface area contributed by atoms with Crippen LogP contribution in [0, 0.1) is 0 Å². The molecule has 7 aromatic carbocycles. The van der Waals surface area contributed by atoms with Crippen molar-refractivity contribution in [1.29, 1.82) is 0 Å². The van der Waals surface area contributed by atoms with E-state index in [0.717, 1.165) is 50.9 Å². The van der Waals surface area contributed by atoms with Gasteiger partial charge in [0.2, 0.25) is 0 Å². The maximum absolute atomic E-state index is 5.23. The Morgan fingerprint density at radius 3 is 1.79 bits per heavy atom. The fourth-order valence-electron chi connectivity index (χ4n) is 6.85. The molecule has 9 aromatic rings. The monoisotopic (exact) mass is 614 g/mol. The van der Waals surface area contributed by atoms with Gasteiger partial charge in [0.15, 0.2) is 5.65 Å². The van der Waals surface area contributed by atoms with E-state index in [1.165, 1.54) is 27.1 Å². The summed E-state index contributed by atoms with van der Waals surface area (Å²) >= 11 is 0. The first-order valence-electron chi connectivity index (χ1n) is 16.2. The number of fused-ring (bicyclic) bond motifs is 4. The fourth-order valence-corrected chi connectivity index (χ4v) is 6.85. The second kappa shape index (κ2) is 11.7. The zero-order valence-electron chi connectivity index (χ0n) is 26.1.